The highest BCUT2D eigenvalue weighted by atomic mass is 32.2. The van der Waals surface area contributed by atoms with Crippen molar-refractivity contribution < 1.29 is 33.5 Å². The number of carbonyl (C=O) groups is 4. The number of esters is 2. The van der Waals surface area contributed by atoms with E-state index in [9.17, 15) is 19.2 Å². The molecule has 0 aromatic carbocycles. The van der Waals surface area contributed by atoms with Crippen molar-refractivity contribution >= 4 is 57.9 Å². The van der Waals surface area contributed by atoms with E-state index in [1.54, 1.807) is 20.8 Å². The number of nitrogens with one attached hydrogen (secondary N) is 1. The topological polar surface area (TPSA) is 175 Å². The number of hydrogen-bond donors (Lipinski definition) is 2. The molecule has 2 amide bonds. The van der Waals surface area contributed by atoms with Gasteiger partial charge in [-0.2, -0.15) is 9.36 Å². The smallest absolute Gasteiger partial charge is 0.339 e. The number of fused-ring (bicyclic) bond motifs is 1. The van der Waals surface area contributed by atoms with E-state index in [4.69, 9.17) is 20.0 Å². The molecule has 2 fully saturated rings. The van der Waals surface area contributed by atoms with Gasteiger partial charge in [-0.05, 0) is 32.6 Å². The van der Waals surface area contributed by atoms with Gasteiger partial charge in [-0.15, -0.1) is 11.8 Å². The molecule has 1 aliphatic carbocycles. The van der Waals surface area contributed by atoms with E-state index in [2.05, 4.69) is 19.8 Å². The van der Waals surface area contributed by atoms with Gasteiger partial charge in [0, 0.05) is 29.9 Å². The van der Waals surface area contributed by atoms with Crippen molar-refractivity contribution in [3.63, 3.8) is 0 Å². The summed E-state index contributed by atoms with van der Waals surface area (Å²) in [6.45, 7) is 6.57. The van der Waals surface area contributed by atoms with Crippen molar-refractivity contribution in [3.05, 3.63) is 17.6 Å². The molecule has 3 N–H and O–H groups in total. The number of nitrogens with zero attached hydrogens (tertiary/aromatic N) is 4. The Morgan fingerprint density at radius 3 is 2.55 bits per heavy atom. The van der Waals surface area contributed by atoms with Crippen molar-refractivity contribution in [2.45, 2.75) is 82.4 Å². The lowest BCUT2D eigenvalue weighted by Gasteiger charge is -2.48. The number of β-lactam (4-membered cyclic amide) rings is 1. The van der Waals surface area contributed by atoms with Crippen LogP contribution in [-0.4, -0.2) is 72.8 Å². The van der Waals surface area contributed by atoms with E-state index in [0.717, 1.165) is 37.2 Å². The Labute approximate surface area is 227 Å². The monoisotopic (exact) mass is 566 g/mol. The molecular weight excluding hydrogens is 536 g/mol. The van der Waals surface area contributed by atoms with E-state index >= 15 is 0 Å². The number of nitrogen functional groups attached to an aromatic ring is 1. The molecule has 0 bridgehead atoms. The van der Waals surface area contributed by atoms with Gasteiger partial charge >= 0.3 is 11.9 Å². The Hall–Kier alpha value is -3.20. The molecule has 13 nitrogen and oxygen atoms in total. The van der Waals surface area contributed by atoms with Crippen molar-refractivity contribution in [1.82, 2.24) is 19.6 Å². The van der Waals surface area contributed by atoms with Gasteiger partial charge in [0.1, 0.15) is 17.5 Å². The second-order valence-corrected chi connectivity index (χ2v) is 11.7. The van der Waals surface area contributed by atoms with Crippen LogP contribution in [0.1, 0.15) is 59.2 Å². The maximum Gasteiger partial charge on any atom is 0.339 e. The maximum absolute atomic E-state index is 13.1. The van der Waals surface area contributed by atoms with Crippen LogP contribution >= 0.6 is 23.3 Å². The number of amides is 2. The number of thioether (sulfide) groups is 1. The third-order valence-corrected chi connectivity index (χ3v) is 8.14. The summed E-state index contributed by atoms with van der Waals surface area (Å²) >= 11 is 2.23. The highest BCUT2D eigenvalue weighted by Gasteiger charge is 2.52. The zero-order valence-corrected chi connectivity index (χ0v) is 23.0. The van der Waals surface area contributed by atoms with Gasteiger partial charge in [0.05, 0.1) is 11.5 Å². The molecule has 3 unspecified atom stereocenters. The molecule has 38 heavy (non-hydrogen) atoms. The van der Waals surface area contributed by atoms with Gasteiger partial charge in [-0.1, -0.05) is 19.0 Å². The number of carbonyl (C=O) groups excluding carboxylic acids is 4. The summed E-state index contributed by atoms with van der Waals surface area (Å²) in [5.41, 5.74) is 5.77. The number of oxime groups is 1. The molecule has 4 atom stereocenters. The fraction of sp³-hybridized carbons (Fsp3) is 0.609. The Kier molecular flexibility index (Phi) is 8.55. The maximum atomic E-state index is 13.1. The quantitative estimate of drug-likeness (QED) is 0.146. The number of nitrogens with two attached hydrogens (primary N) is 1. The number of aromatic nitrogens is 2. The molecule has 2 aliphatic heterocycles. The summed E-state index contributed by atoms with van der Waals surface area (Å²) in [6, 6.07) is -0.859. The van der Waals surface area contributed by atoms with E-state index in [1.165, 1.54) is 29.8 Å². The molecule has 0 spiro atoms. The average Bonchev–Trinajstić information content (AvgIpc) is 3.54. The summed E-state index contributed by atoms with van der Waals surface area (Å²) in [6.07, 6.45) is 3.98. The Morgan fingerprint density at radius 2 is 1.92 bits per heavy atom. The van der Waals surface area contributed by atoms with Crippen LogP contribution in [-0.2, 0) is 33.5 Å². The largest absolute Gasteiger partial charge is 0.425 e. The van der Waals surface area contributed by atoms with Crippen LogP contribution in [0.3, 0.4) is 0 Å². The SMILES string of the molecule is CC(OC(=O)C1=CN2C(=O)C(NC(=O)C(=NOC3CCCC3)c3nsc(N)n3)[C@H]2SC1C)OC(=O)C(C)C. The first-order chi connectivity index (χ1) is 18.0. The zero-order valence-electron chi connectivity index (χ0n) is 21.4. The predicted octanol–water partition coefficient (Wildman–Crippen LogP) is 1.54. The molecule has 15 heteroatoms. The summed E-state index contributed by atoms with van der Waals surface area (Å²) in [5, 5.41) is 6.09. The Balaban J connectivity index is 1.41. The summed E-state index contributed by atoms with van der Waals surface area (Å²) in [7, 11) is 0. The van der Waals surface area contributed by atoms with Crippen molar-refractivity contribution in [2.75, 3.05) is 5.73 Å². The number of anilines is 1. The van der Waals surface area contributed by atoms with Gasteiger partial charge in [-0.25, -0.2) is 4.79 Å². The van der Waals surface area contributed by atoms with Crippen LogP contribution < -0.4 is 11.1 Å². The molecule has 1 aromatic rings. The normalized spacial score (nSPS) is 24.3. The van der Waals surface area contributed by atoms with E-state index in [1.807, 2.05) is 0 Å². The Bertz CT molecular complexity index is 1160. The van der Waals surface area contributed by atoms with E-state index in [-0.39, 0.29) is 39.5 Å². The molecule has 3 aliphatic rings. The zero-order chi connectivity index (χ0) is 27.6. The highest BCUT2D eigenvalue weighted by molar-refractivity contribution is 8.00. The van der Waals surface area contributed by atoms with Gasteiger partial charge in [0.15, 0.2) is 5.13 Å². The molecule has 206 valence electrons. The molecule has 1 saturated carbocycles. The van der Waals surface area contributed by atoms with Crippen LogP contribution in [0.4, 0.5) is 5.13 Å². The van der Waals surface area contributed by atoms with Gasteiger partial charge in [0.25, 0.3) is 11.8 Å². The van der Waals surface area contributed by atoms with Crippen molar-refractivity contribution in [1.29, 1.82) is 0 Å². The molecule has 4 rings (SSSR count). The van der Waals surface area contributed by atoms with E-state index in [0.29, 0.717) is 0 Å². The predicted molar refractivity (Wildman–Crippen MR) is 138 cm³/mol. The fourth-order valence-corrected chi connectivity index (χ4v) is 5.84. The second-order valence-electron chi connectivity index (χ2n) is 9.42. The van der Waals surface area contributed by atoms with Gasteiger partial charge < -0.3 is 30.3 Å². The van der Waals surface area contributed by atoms with Gasteiger partial charge in [0.2, 0.25) is 17.8 Å². The highest BCUT2D eigenvalue weighted by Crippen LogP contribution is 2.40. The first-order valence-electron chi connectivity index (χ1n) is 12.3. The summed E-state index contributed by atoms with van der Waals surface area (Å²) < 4.78 is 14.4. The Morgan fingerprint density at radius 1 is 1.21 bits per heavy atom. The third-order valence-electron chi connectivity index (χ3n) is 6.15. The molecular formula is C23H30N6O7S2. The van der Waals surface area contributed by atoms with Crippen LogP contribution in [0.25, 0.3) is 0 Å². The van der Waals surface area contributed by atoms with Gasteiger partial charge in [-0.3, -0.25) is 14.4 Å². The first kappa shape index (κ1) is 27.8. The first-order valence-corrected chi connectivity index (χ1v) is 14.0. The standard InChI is InChI=1S/C23H30N6O7S2/c1-10(2)21(32)34-12(4)35-22(33)14-9-29-19(31)16(20(29)37-11(14)3)25-18(30)15(17-26-23(24)38-28-17)27-36-13-7-5-6-8-13/h9-13,16,20H,5-8H2,1-4H3,(H,25,30)(H2,24,26,28)/t11?,12?,16?,20-/m1/s1. The van der Waals surface area contributed by atoms with Crippen molar-refractivity contribution in [2.24, 2.45) is 11.1 Å². The minimum absolute atomic E-state index is 0.0218. The third kappa shape index (κ3) is 6.09. The average molecular weight is 567 g/mol. The number of rotatable bonds is 9. The fourth-order valence-electron chi connectivity index (χ4n) is 4.04. The minimum Gasteiger partial charge on any atom is -0.425 e. The molecule has 3 heterocycles. The lowest BCUT2D eigenvalue weighted by atomic mass is 10.1. The van der Waals surface area contributed by atoms with Crippen LogP contribution in [0, 0.1) is 5.92 Å². The van der Waals surface area contributed by atoms with Crippen LogP contribution in [0.2, 0.25) is 0 Å². The summed E-state index contributed by atoms with van der Waals surface area (Å²) in [4.78, 5) is 61.4. The molecule has 1 saturated heterocycles. The lowest BCUT2D eigenvalue weighted by Crippen LogP contribution is -2.69. The number of hydrogen-bond acceptors (Lipinski definition) is 13. The minimum atomic E-state index is -1.08. The lowest BCUT2D eigenvalue weighted by molar-refractivity contribution is -0.184. The molecule has 0 radical (unpaired) electrons. The second kappa shape index (κ2) is 11.7. The molecule has 1 aromatic heterocycles. The van der Waals surface area contributed by atoms with E-state index < -0.39 is 41.5 Å². The summed E-state index contributed by atoms with van der Waals surface area (Å²) in [5.74, 6) is -2.60. The van der Waals surface area contributed by atoms with Crippen LogP contribution in [0.5, 0.6) is 0 Å². The number of ether oxygens (including phenoxy) is 2. The van der Waals surface area contributed by atoms with Crippen LogP contribution in [0.15, 0.2) is 16.9 Å². The van der Waals surface area contributed by atoms with Crippen molar-refractivity contribution in [3.8, 4) is 0 Å².